The fraction of sp³-hybridized carbons (Fsp3) is 0.500. The van der Waals surface area contributed by atoms with Crippen LogP contribution in [0.2, 0.25) is 0 Å². The summed E-state index contributed by atoms with van der Waals surface area (Å²) < 4.78 is 65.1. The molecule has 0 bridgehead atoms. The van der Waals surface area contributed by atoms with Crippen molar-refractivity contribution >= 4 is 22.7 Å². The van der Waals surface area contributed by atoms with E-state index < -0.39 is 45.1 Å². The van der Waals surface area contributed by atoms with Crippen LogP contribution >= 0.6 is 0 Å². The number of amides is 1. The lowest BCUT2D eigenvalue weighted by molar-refractivity contribution is -0.0661. The number of aromatic nitrogens is 2. The average Bonchev–Trinajstić information content (AvgIpc) is 3.21. The summed E-state index contributed by atoms with van der Waals surface area (Å²) in [5.74, 6) is -1.57. The predicted molar refractivity (Wildman–Crippen MR) is 146 cm³/mol. The smallest absolute Gasteiger partial charge is 0.409 e. The number of aryl methyl sites for hydroxylation is 1. The van der Waals surface area contributed by atoms with Gasteiger partial charge in [0.2, 0.25) is 0 Å². The van der Waals surface area contributed by atoms with Crippen LogP contribution in [0.3, 0.4) is 0 Å². The zero-order chi connectivity index (χ0) is 28.8. The molecule has 12 heteroatoms. The van der Waals surface area contributed by atoms with Gasteiger partial charge in [-0.25, -0.2) is 27.5 Å². The maximum Gasteiger partial charge on any atom is 0.409 e. The molecule has 0 saturated carbocycles. The summed E-state index contributed by atoms with van der Waals surface area (Å²) in [6.45, 7) is 8.64. The van der Waals surface area contributed by atoms with Gasteiger partial charge >= 0.3 is 6.09 Å². The third-order valence-corrected chi connectivity index (χ3v) is 8.93. The number of carbonyl (C=O) groups is 1. The predicted octanol–water partition coefficient (Wildman–Crippen LogP) is 3.87. The van der Waals surface area contributed by atoms with E-state index in [1.165, 1.54) is 19.2 Å². The third-order valence-electron chi connectivity index (χ3n) is 7.25. The molecule has 2 fully saturated rings. The topological polar surface area (TPSA) is 94.4 Å². The minimum absolute atomic E-state index is 0.141. The quantitative estimate of drug-likeness (QED) is 0.479. The summed E-state index contributed by atoms with van der Waals surface area (Å²) in [6.07, 6.45) is 1.20. The van der Waals surface area contributed by atoms with E-state index in [0.717, 1.165) is 5.56 Å². The normalized spacial score (nSPS) is 19.9. The monoisotopic (exact) mass is 576 g/mol. The molecule has 2 aliphatic heterocycles. The van der Waals surface area contributed by atoms with Crippen molar-refractivity contribution in [2.45, 2.75) is 50.5 Å². The average molecular weight is 577 g/mol. The Bertz CT molecular complexity index is 1440. The van der Waals surface area contributed by atoms with E-state index in [9.17, 15) is 9.00 Å². The molecule has 1 amide bonds. The van der Waals surface area contributed by atoms with Gasteiger partial charge in [0.25, 0.3) is 0 Å². The van der Waals surface area contributed by atoms with Crippen LogP contribution in [0.25, 0.3) is 16.9 Å². The highest BCUT2D eigenvalue weighted by atomic mass is 32.2. The van der Waals surface area contributed by atoms with Gasteiger partial charge in [-0.15, -0.1) is 0 Å². The summed E-state index contributed by atoms with van der Waals surface area (Å²) in [5.41, 5.74) is 1.31. The molecule has 4 heterocycles. The summed E-state index contributed by atoms with van der Waals surface area (Å²) >= 11 is 0. The van der Waals surface area contributed by atoms with E-state index in [1.807, 2.05) is 46.0 Å². The molecule has 0 aliphatic carbocycles. The number of halogens is 2. The number of ether oxygens (including phenoxy) is 3. The van der Waals surface area contributed by atoms with Crippen LogP contribution in [0.4, 0.5) is 13.6 Å². The van der Waals surface area contributed by atoms with E-state index in [2.05, 4.69) is 9.71 Å². The molecule has 2 aliphatic rings. The van der Waals surface area contributed by atoms with Crippen LogP contribution in [-0.2, 0) is 37.2 Å². The highest BCUT2D eigenvalue weighted by Crippen LogP contribution is 2.37. The summed E-state index contributed by atoms with van der Waals surface area (Å²) in [4.78, 5) is 18.3. The van der Waals surface area contributed by atoms with Gasteiger partial charge in [0, 0.05) is 19.2 Å². The zero-order valence-corrected chi connectivity index (χ0v) is 24.1. The van der Waals surface area contributed by atoms with Crippen molar-refractivity contribution in [3.05, 3.63) is 58.9 Å². The Labute approximate surface area is 234 Å². The molecule has 9 nitrogen and oxygen atoms in total. The Morgan fingerprint density at radius 3 is 2.55 bits per heavy atom. The van der Waals surface area contributed by atoms with Gasteiger partial charge < -0.3 is 23.5 Å². The van der Waals surface area contributed by atoms with Crippen molar-refractivity contribution in [1.29, 1.82) is 0 Å². The summed E-state index contributed by atoms with van der Waals surface area (Å²) in [5, 5.41) is 0. The molecule has 1 N–H and O–H groups in total. The summed E-state index contributed by atoms with van der Waals surface area (Å²) in [6, 6.07) is 6.26. The Kier molecular flexibility index (Phi) is 7.73. The van der Waals surface area contributed by atoms with E-state index in [1.54, 1.807) is 9.30 Å². The van der Waals surface area contributed by atoms with E-state index in [-0.39, 0.29) is 37.4 Å². The number of nitrogens with zero attached hydrogens (tertiary/aromatic N) is 3. The fourth-order valence-electron chi connectivity index (χ4n) is 4.94. The lowest BCUT2D eigenvalue weighted by Crippen LogP contribution is -2.60. The Morgan fingerprint density at radius 1 is 1.25 bits per heavy atom. The van der Waals surface area contributed by atoms with Crippen LogP contribution in [0.15, 0.2) is 30.5 Å². The number of nitrogens with one attached hydrogen (secondary N) is 1. The van der Waals surface area contributed by atoms with Crippen LogP contribution < -0.4 is 4.72 Å². The Hall–Kier alpha value is -2.93. The molecule has 0 radical (unpaired) electrons. The number of benzene rings is 1. The fourth-order valence-corrected chi connectivity index (χ4v) is 5.84. The van der Waals surface area contributed by atoms with E-state index in [4.69, 9.17) is 14.2 Å². The number of pyridine rings is 1. The number of hydrogen-bond donors (Lipinski definition) is 1. The lowest BCUT2D eigenvalue weighted by atomic mass is 9.87. The number of imidazole rings is 1. The van der Waals surface area contributed by atoms with E-state index >= 15 is 8.78 Å². The molecule has 216 valence electrons. The molecule has 5 rings (SSSR count). The highest BCUT2D eigenvalue weighted by molar-refractivity contribution is 7.84. The first-order valence-corrected chi connectivity index (χ1v) is 14.3. The van der Waals surface area contributed by atoms with Crippen molar-refractivity contribution in [2.24, 2.45) is 0 Å². The van der Waals surface area contributed by atoms with Crippen LogP contribution in [0.5, 0.6) is 0 Å². The maximum atomic E-state index is 15.9. The largest absolute Gasteiger partial charge is 0.453 e. The molecule has 1 unspecified atom stereocenters. The lowest BCUT2D eigenvalue weighted by Gasteiger charge is -2.43. The van der Waals surface area contributed by atoms with Crippen LogP contribution in [0, 0.1) is 18.6 Å². The van der Waals surface area contributed by atoms with Gasteiger partial charge in [0.15, 0.2) is 0 Å². The van der Waals surface area contributed by atoms with Crippen LogP contribution in [-0.4, -0.2) is 75.5 Å². The number of morpholine rings is 1. The zero-order valence-electron chi connectivity index (χ0n) is 23.3. The molecule has 40 heavy (non-hydrogen) atoms. The number of methoxy groups -OCH3 is 1. The van der Waals surface area contributed by atoms with Gasteiger partial charge in [-0.3, -0.25) is 0 Å². The first-order valence-electron chi connectivity index (χ1n) is 13.1. The first-order chi connectivity index (χ1) is 18.9. The second kappa shape index (κ2) is 10.8. The maximum absolute atomic E-state index is 15.9. The molecule has 2 aromatic heterocycles. The molecule has 1 aromatic carbocycles. The summed E-state index contributed by atoms with van der Waals surface area (Å²) in [7, 11) is -0.157. The minimum Gasteiger partial charge on any atom is -0.453 e. The standard InChI is InChI=1S/C28H34F2N4O5S/c1-17-6-7-34-22(13-19-14-33(8-9-39-19)26(35)37-5)25(31-23(34)10-17)24-20(29)11-18(12-21(24)30)28(15-38-16-28)32-40(36)27(2,3)4/h6-7,10-12,19,32H,8-9,13-16H2,1-5H3/t19-,40?/m0/s1. The van der Waals surface area contributed by atoms with Crippen molar-refractivity contribution in [1.82, 2.24) is 19.0 Å². The van der Waals surface area contributed by atoms with Gasteiger partial charge in [-0.05, 0) is 63.1 Å². The molecule has 2 saturated heterocycles. The number of rotatable bonds is 6. The van der Waals surface area contributed by atoms with Crippen LogP contribution in [0.1, 0.15) is 37.6 Å². The van der Waals surface area contributed by atoms with Gasteiger partial charge in [-0.2, -0.15) is 0 Å². The Balaban J connectivity index is 1.54. The van der Waals surface area contributed by atoms with Crippen molar-refractivity contribution in [3.63, 3.8) is 0 Å². The Morgan fingerprint density at radius 2 is 1.95 bits per heavy atom. The minimum atomic E-state index is -1.48. The van der Waals surface area contributed by atoms with Crippen molar-refractivity contribution < 1.29 is 32.0 Å². The van der Waals surface area contributed by atoms with Gasteiger partial charge in [-0.1, -0.05) is 0 Å². The molecule has 2 atom stereocenters. The molecular formula is C28H34F2N4O5S. The number of hydrogen-bond acceptors (Lipinski definition) is 6. The van der Waals surface area contributed by atoms with Gasteiger partial charge in [0.05, 0.1) is 72.3 Å². The van der Waals surface area contributed by atoms with Crippen molar-refractivity contribution in [2.75, 3.05) is 40.0 Å². The van der Waals surface area contributed by atoms with Crippen molar-refractivity contribution in [3.8, 4) is 11.3 Å². The number of carbonyl (C=O) groups excluding carboxylic acids is 1. The second-order valence-corrected chi connectivity index (χ2v) is 13.3. The van der Waals surface area contributed by atoms with E-state index in [0.29, 0.717) is 30.1 Å². The number of fused-ring (bicyclic) bond motifs is 1. The molecule has 3 aromatic rings. The highest BCUT2D eigenvalue weighted by Gasteiger charge is 2.44. The molecule has 0 spiro atoms. The SMILES string of the molecule is COC(=O)N1CCO[C@@H](Cc2c(-c3c(F)cc(C4(NS(=O)C(C)(C)C)COC4)cc3F)nc3cc(C)ccn23)C1. The first kappa shape index (κ1) is 28.6. The molecular weight excluding hydrogens is 542 g/mol. The third kappa shape index (κ3) is 5.37. The second-order valence-electron chi connectivity index (χ2n) is 11.3. The van der Waals surface area contributed by atoms with Gasteiger partial charge in [0.1, 0.15) is 22.8 Å².